The lowest BCUT2D eigenvalue weighted by molar-refractivity contribution is -0.116. The summed E-state index contributed by atoms with van der Waals surface area (Å²) in [5.74, 6) is 3.46. The molecule has 1 fully saturated rings. The zero-order chi connectivity index (χ0) is 15.7. The van der Waals surface area contributed by atoms with Crippen LogP contribution in [0.15, 0.2) is 0 Å². The fraction of sp³-hybridized carbons (Fsp3) is 0.938. The van der Waals surface area contributed by atoms with Gasteiger partial charge < -0.3 is 16.0 Å². The molecule has 1 aliphatic rings. The van der Waals surface area contributed by atoms with Gasteiger partial charge in [0, 0.05) is 6.04 Å². The monoisotopic (exact) mass is 285 g/mol. The second-order valence-corrected chi connectivity index (χ2v) is 6.30. The van der Waals surface area contributed by atoms with E-state index in [-0.39, 0.29) is 5.78 Å². The number of likely N-dealkylation sites (N-methyl/N-ethyl adjacent to an activating group) is 1. The highest BCUT2D eigenvalue weighted by Crippen LogP contribution is 2.37. The van der Waals surface area contributed by atoms with Crippen LogP contribution in [0, 0.1) is 23.7 Å². The van der Waals surface area contributed by atoms with E-state index in [0.717, 1.165) is 30.2 Å². The van der Waals surface area contributed by atoms with Crippen LogP contribution in [-0.4, -0.2) is 46.1 Å². The summed E-state index contributed by atoms with van der Waals surface area (Å²) in [5, 5.41) is 9.53. The molecule has 0 saturated heterocycles. The largest absolute Gasteiger partial charge is 0.319 e. The van der Waals surface area contributed by atoms with Crippen molar-refractivity contribution < 1.29 is 4.79 Å². The van der Waals surface area contributed by atoms with Crippen molar-refractivity contribution in [3.63, 3.8) is 0 Å². The Bertz CT molecular complexity index is 270. The molecule has 0 aromatic heterocycles. The van der Waals surface area contributed by atoms with Gasteiger partial charge in [0.25, 0.3) is 0 Å². The van der Waals surface area contributed by atoms with Crippen LogP contribution >= 0.6 is 0 Å². The van der Waals surface area contributed by atoms with Gasteiger partial charge in [-0.1, -0.05) is 20.8 Å². The summed E-state index contributed by atoms with van der Waals surface area (Å²) in [6.07, 6.45) is 1.38. The third-order valence-corrected chi connectivity index (χ3v) is 4.67. The summed E-state index contributed by atoms with van der Waals surface area (Å²) < 4.78 is 0. The second-order valence-electron chi connectivity index (χ2n) is 6.30. The van der Waals surface area contributed by atoms with Crippen LogP contribution in [0.25, 0.3) is 0 Å². The molecule has 1 rings (SSSR count). The summed E-state index contributed by atoms with van der Waals surface area (Å²) in [6, 6.07) is 0.692. The van der Waals surface area contributed by atoms with Crippen LogP contribution in [0.1, 0.15) is 34.1 Å². The highest BCUT2D eigenvalue weighted by atomic mass is 16.1. The smallest absolute Gasteiger partial charge is 0.143 e. The van der Waals surface area contributed by atoms with Crippen LogP contribution < -0.4 is 16.0 Å². The van der Waals surface area contributed by atoms with E-state index in [9.17, 15) is 4.79 Å². The van der Waals surface area contributed by atoms with Gasteiger partial charge in [-0.25, -0.2) is 0 Å². The zero-order valence-corrected chi connectivity index (χ0v) is 14.4. The standard InChI is InChI=1S/C12H26N2.C4H9NO/c1-8-6-11(7-13-4)10(3)12(14-5)9(8)2;1-4(6)3-5-2/h8-14H,6-7H2,1-5H3;5H,3H2,1-2H3. The number of carbonyl (C=O) groups is 1. The molecular weight excluding hydrogens is 250 g/mol. The van der Waals surface area contributed by atoms with E-state index < -0.39 is 0 Å². The third kappa shape index (κ3) is 6.33. The van der Waals surface area contributed by atoms with E-state index in [1.807, 2.05) is 0 Å². The first kappa shape index (κ1) is 19.6. The predicted molar refractivity (Wildman–Crippen MR) is 87.0 cm³/mol. The molecule has 4 heteroatoms. The van der Waals surface area contributed by atoms with Gasteiger partial charge in [0.05, 0.1) is 6.54 Å². The molecule has 5 atom stereocenters. The molecule has 20 heavy (non-hydrogen) atoms. The molecule has 0 aromatic rings. The maximum atomic E-state index is 9.98. The highest BCUT2D eigenvalue weighted by Gasteiger charge is 2.37. The zero-order valence-electron chi connectivity index (χ0n) is 14.4. The second kappa shape index (κ2) is 10.3. The lowest BCUT2D eigenvalue weighted by atomic mass is 9.67. The molecule has 4 nitrogen and oxygen atoms in total. The number of rotatable bonds is 5. The van der Waals surface area contributed by atoms with E-state index in [1.165, 1.54) is 6.42 Å². The Labute approximate surface area is 125 Å². The Morgan fingerprint density at radius 1 is 1.05 bits per heavy atom. The van der Waals surface area contributed by atoms with Crippen molar-refractivity contribution in [1.82, 2.24) is 16.0 Å². The molecule has 0 aliphatic heterocycles. The van der Waals surface area contributed by atoms with Gasteiger partial charge in [-0.3, -0.25) is 4.79 Å². The van der Waals surface area contributed by atoms with Crippen molar-refractivity contribution in [3.05, 3.63) is 0 Å². The molecule has 0 spiro atoms. The normalized spacial score (nSPS) is 33.2. The fourth-order valence-electron chi connectivity index (χ4n) is 3.34. The molecule has 5 unspecified atom stereocenters. The Hall–Kier alpha value is -0.450. The molecule has 0 amide bonds. The lowest BCUT2D eigenvalue weighted by Gasteiger charge is -2.44. The van der Waals surface area contributed by atoms with Crippen molar-refractivity contribution in [2.45, 2.75) is 40.2 Å². The van der Waals surface area contributed by atoms with Crippen molar-refractivity contribution in [3.8, 4) is 0 Å². The molecule has 1 saturated carbocycles. The Balaban J connectivity index is 0.000000511. The average molecular weight is 285 g/mol. The van der Waals surface area contributed by atoms with Crippen molar-refractivity contribution in [2.75, 3.05) is 34.2 Å². The third-order valence-electron chi connectivity index (χ3n) is 4.67. The number of nitrogens with one attached hydrogen (secondary N) is 3. The topological polar surface area (TPSA) is 53.2 Å². The summed E-state index contributed by atoms with van der Waals surface area (Å²) in [5.41, 5.74) is 0. The van der Waals surface area contributed by atoms with Gasteiger partial charge in [-0.2, -0.15) is 0 Å². The summed E-state index contributed by atoms with van der Waals surface area (Å²) in [7, 11) is 5.91. The van der Waals surface area contributed by atoms with Crippen LogP contribution in [0.4, 0.5) is 0 Å². The van der Waals surface area contributed by atoms with Gasteiger partial charge in [0.1, 0.15) is 5.78 Å². The number of hydrogen-bond acceptors (Lipinski definition) is 4. The minimum Gasteiger partial charge on any atom is -0.319 e. The van der Waals surface area contributed by atoms with Crippen molar-refractivity contribution >= 4 is 5.78 Å². The molecule has 0 radical (unpaired) electrons. The van der Waals surface area contributed by atoms with Gasteiger partial charge >= 0.3 is 0 Å². The minimum absolute atomic E-state index is 0.178. The van der Waals surface area contributed by atoms with E-state index in [0.29, 0.717) is 12.6 Å². The van der Waals surface area contributed by atoms with Gasteiger partial charge in [0.2, 0.25) is 0 Å². The Morgan fingerprint density at radius 2 is 1.65 bits per heavy atom. The molecule has 1 aliphatic carbocycles. The van der Waals surface area contributed by atoms with E-state index >= 15 is 0 Å². The van der Waals surface area contributed by atoms with Gasteiger partial charge in [-0.05, 0) is 64.7 Å². The molecule has 3 N–H and O–H groups in total. The minimum atomic E-state index is 0.178. The van der Waals surface area contributed by atoms with Gasteiger partial charge in [-0.15, -0.1) is 0 Å². The Kier molecular flexibility index (Phi) is 10.1. The van der Waals surface area contributed by atoms with Crippen LogP contribution in [0.2, 0.25) is 0 Å². The number of Topliss-reactive ketones (excluding diaryl/α,β-unsaturated/α-hetero) is 1. The van der Waals surface area contributed by atoms with Crippen molar-refractivity contribution in [2.24, 2.45) is 23.7 Å². The van der Waals surface area contributed by atoms with Crippen molar-refractivity contribution in [1.29, 1.82) is 0 Å². The summed E-state index contributed by atoms with van der Waals surface area (Å²) >= 11 is 0. The molecule has 0 heterocycles. The van der Waals surface area contributed by atoms with Crippen LogP contribution in [0.5, 0.6) is 0 Å². The SMILES string of the molecule is CNCC(C)=O.CNCC1CC(C)C(C)C(NC)C1C. The molecule has 120 valence electrons. The fourth-order valence-corrected chi connectivity index (χ4v) is 3.34. The first-order chi connectivity index (χ1) is 9.38. The molecule has 0 aromatic carbocycles. The van der Waals surface area contributed by atoms with E-state index in [2.05, 4.69) is 50.8 Å². The van der Waals surface area contributed by atoms with E-state index in [4.69, 9.17) is 0 Å². The number of ketones is 1. The number of hydrogen-bond donors (Lipinski definition) is 3. The van der Waals surface area contributed by atoms with Crippen LogP contribution in [-0.2, 0) is 4.79 Å². The summed E-state index contributed by atoms with van der Waals surface area (Å²) in [6.45, 7) is 10.4. The average Bonchev–Trinajstić information content (AvgIpc) is 2.37. The molecular formula is C16H35N3O. The molecule has 0 bridgehead atoms. The Morgan fingerprint density at radius 3 is 2.00 bits per heavy atom. The summed E-state index contributed by atoms with van der Waals surface area (Å²) in [4.78, 5) is 9.98. The maximum Gasteiger partial charge on any atom is 0.143 e. The van der Waals surface area contributed by atoms with Crippen LogP contribution in [0.3, 0.4) is 0 Å². The maximum absolute atomic E-state index is 9.98. The van der Waals surface area contributed by atoms with Gasteiger partial charge in [0.15, 0.2) is 0 Å². The van der Waals surface area contributed by atoms with E-state index in [1.54, 1.807) is 14.0 Å². The first-order valence-electron chi connectivity index (χ1n) is 7.84. The quantitative estimate of drug-likeness (QED) is 0.717. The number of carbonyl (C=O) groups excluding carboxylic acids is 1. The first-order valence-corrected chi connectivity index (χ1v) is 7.84. The lowest BCUT2D eigenvalue weighted by Crippen LogP contribution is -2.49. The predicted octanol–water partition coefficient (Wildman–Crippen LogP) is 1.52. The highest BCUT2D eigenvalue weighted by molar-refractivity contribution is 5.77.